The average Bonchev–Trinajstić information content (AvgIpc) is 3.08. The number of carboxylic acid groups (broad SMARTS) is 1. The molecule has 1 fully saturated rings. The van der Waals surface area contributed by atoms with Gasteiger partial charge in [0.25, 0.3) is 0 Å². The Morgan fingerprint density at radius 3 is 2.44 bits per heavy atom. The number of amides is 1. The number of aliphatic carboxylic acids is 1. The minimum Gasteiger partial charge on any atom is -0.482 e. The van der Waals surface area contributed by atoms with Crippen LogP contribution in [0.1, 0.15) is 50.6 Å². The molecule has 0 bridgehead atoms. The predicted molar refractivity (Wildman–Crippen MR) is 93.5 cm³/mol. The van der Waals surface area contributed by atoms with Gasteiger partial charge in [-0.1, -0.05) is 25.0 Å². The van der Waals surface area contributed by atoms with Crippen LogP contribution in [0, 0.1) is 5.41 Å². The van der Waals surface area contributed by atoms with Crippen LogP contribution in [0.25, 0.3) is 0 Å². The van der Waals surface area contributed by atoms with Crippen LogP contribution in [0.15, 0.2) is 24.3 Å². The van der Waals surface area contributed by atoms with Crippen LogP contribution in [-0.2, 0) is 14.3 Å². The maximum atomic E-state index is 12.8. The molecular weight excluding hydrogens is 322 g/mol. The van der Waals surface area contributed by atoms with Gasteiger partial charge in [-0.15, -0.1) is 0 Å². The first-order valence-corrected chi connectivity index (χ1v) is 8.71. The van der Waals surface area contributed by atoms with Gasteiger partial charge in [0.2, 0.25) is 5.91 Å². The van der Waals surface area contributed by atoms with Gasteiger partial charge in [-0.05, 0) is 43.9 Å². The van der Waals surface area contributed by atoms with Gasteiger partial charge in [-0.2, -0.15) is 0 Å². The van der Waals surface area contributed by atoms with Gasteiger partial charge >= 0.3 is 5.97 Å². The van der Waals surface area contributed by atoms with E-state index < -0.39 is 5.97 Å². The van der Waals surface area contributed by atoms with E-state index >= 15 is 0 Å². The first kappa shape index (κ1) is 19.2. The van der Waals surface area contributed by atoms with Gasteiger partial charge < -0.3 is 19.9 Å². The summed E-state index contributed by atoms with van der Waals surface area (Å²) >= 11 is 0. The first-order valence-electron chi connectivity index (χ1n) is 8.71. The Balaban J connectivity index is 1.96. The summed E-state index contributed by atoms with van der Waals surface area (Å²) < 4.78 is 10.3. The van der Waals surface area contributed by atoms with Crippen molar-refractivity contribution in [3.8, 4) is 5.75 Å². The smallest absolute Gasteiger partial charge is 0.341 e. The second-order valence-corrected chi connectivity index (χ2v) is 6.68. The number of carbonyl (C=O) groups excluding carboxylic acids is 1. The number of methoxy groups -OCH3 is 1. The fourth-order valence-corrected chi connectivity index (χ4v) is 3.37. The fourth-order valence-electron chi connectivity index (χ4n) is 3.37. The van der Waals surface area contributed by atoms with Crippen LogP contribution in [-0.4, -0.2) is 37.3 Å². The highest BCUT2D eigenvalue weighted by atomic mass is 16.5. The lowest BCUT2D eigenvalue weighted by Gasteiger charge is -2.29. The molecule has 0 heterocycles. The number of hydrogen-bond donors (Lipinski definition) is 2. The molecule has 6 heteroatoms. The Labute approximate surface area is 148 Å². The van der Waals surface area contributed by atoms with Crippen molar-refractivity contribution < 1.29 is 24.2 Å². The Kier molecular flexibility index (Phi) is 6.82. The minimum absolute atomic E-state index is 0.0979. The summed E-state index contributed by atoms with van der Waals surface area (Å²) in [7, 11) is 1.66. The summed E-state index contributed by atoms with van der Waals surface area (Å²) in [6.07, 6.45) is 4.75. The molecule has 1 aliphatic rings. The summed E-state index contributed by atoms with van der Waals surface area (Å²) in [5.74, 6) is -0.416. The fraction of sp³-hybridized carbons (Fsp3) is 0.579. The van der Waals surface area contributed by atoms with Crippen molar-refractivity contribution in [3.63, 3.8) is 0 Å². The molecule has 1 aromatic rings. The van der Waals surface area contributed by atoms with Gasteiger partial charge in [0, 0.05) is 13.7 Å². The molecule has 25 heavy (non-hydrogen) atoms. The number of carboxylic acids is 1. The summed E-state index contributed by atoms with van der Waals surface area (Å²) in [4.78, 5) is 23.4. The lowest BCUT2D eigenvalue weighted by atomic mass is 9.81. The minimum atomic E-state index is -1.01. The van der Waals surface area contributed by atoms with E-state index in [1.54, 1.807) is 19.2 Å². The summed E-state index contributed by atoms with van der Waals surface area (Å²) in [6, 6.07) is 7.01. The second kappa shape index (κ2) is 8.85. The zero-order chi connectivity index (χ0) is 18.3. The number of hydrogen-bond acceptors (Lipinski definition) is 4. The van der Waals surface area contributed by atoms with E-state index in [-0.39, 0.29) is 24.0 Å². The number of nitrogens with one attached hydrogen (secondary N) is 1. The quantitative estimate of drug-likeness (QED) is 0.716. The molecule has 1 unspecified atom stereocenters. The highest BCUT2D eigenvalue weighted by molar-refractivity contribution is 5.83. The molecule has 6 nitrogen and oxygen atoms in total. The Hall–Kier alpha value is -2.08. The van der Waals surface area contributed by atoms with E-state index in [0.717, 1.165) is 37.7 Å². The van der Waals surface area contributed by atoms with Crippen molar-refractivity contribution in [1.29, 1.82) is 0 Å². The third-order valence-electron chi connectivity index (χ3n) is 4.92. The molecule has 1 amide bonds. The molecule has 2 N–H and O–H groups in total. The summed E-state index contributed by atoms with van der Waals surface area (Å²) in [6.45, 7) is 2.18. The Morgan fingerprint density at radius 2 is 1.88 bits per heavy atom. The van der Waals surface area contributed by atoms with E-state index in [4.69, 9.17) is 14.6 Å². The van der Waals surface area contributed by atoms with Crippen molar-refractivity contribution in [2.45, 2.75) is 45.1 Å². The van der Waals surface area contributed by atoms with Crippen molar-refractivity contribution in [2.75, 3.05) is 20.3 Å². The van der Waals surface area contributed by atoms with Crippen molar-refractivity contribution in [1.82, 2.24) is 5.32 Å². The molecule has 0 saturated heterocycles. The molecular formula is C19H27NO5. The Bertz CT molecular complexity index is 578. The maximum Gasteiger partial charge on any atom is 0.341 e. The zero-order valence-electron chi connectivity index (χ0n) is 14.9. The van der Waals surface area contributed by atoms with Gasteiger partial charge in [0.15, 0.2) is 6.61 Å². The number of carbonyl (C=O) groups is 2. The zero-order valence-corrected chi connectivity index (χ0v) is 14.9. The molecule has 0 spiro atoms. The van der Waals surface area contributed by atoms with Gasteiger partial charge in [0.05, 0.1) is 11.5 Å². The highest BCUT2D eigenvalue weighted by Gasteiger charge is 2.41. The van der Waals surface area contributed by atoms with E-state index in [2.05, 4.69) is 5.32 Å². The Morgan fingerprint density at radius 1 is 1.24 bits per heavy atom. The number of rotatable bonds is 9. The van der Waals surface area contributed by atoms with Crippen LogP contribution in [0.4, 0.5) is 0 Å². The lowest BCUT2D eigenvalue weighted by Crippen LogP contribution is -2.41. The van der Waals surface area contributed by atoms with Gasteiger partial charge in [-0.25, -0.2) is 4.79 Å². The molecule has 1 atom stereocenters. The molecule has 2 rings (SSSR count). The van der Waals surface area contributed by atoms with Crippen LogP contribution in [0.5, 0.6) is 5.75 Å². The third-order valence-corrected chi connectivity index (χ3v) is 4.92. The van der Waals surface area contributed by atoms with Crippen molar-refractivity contribution in [2.24, 2.45) is 5.41 Å². The van der Waals surface area contributed by atoms with Gasteiger partial charge in [0.1, 0.15) is 5.75 Å². The van der Waals surface area contributed by atoms with E-state index in [1.807, 2.05) is 19.1 Å². The standard InChI is InChI=1S/C19H27NO5/c1-14(15-5-7-16(8-6-15)25-13-17(21)22)20-18(23)19(11-12-24-2)9-3-4-10-19/h5-8,14H,3-4,9-13H2,1-2H3,(H,20,23)(H,21,22). The second-order valence-electron chi connectivity index (χ2n) is 6.68. The van der Waals surface area contributed by atoms with Crippen molar-refractivity contribution in [3.05, 3.63) is 29.8 Å². The van der Waals surface area contributed by atoms with Crippen LogP contribution in [0.2, 0.25) is 0 Å². The topological polar surface area (TPSA) is 84.9 Å². The SMILES string of the molecule is COCCC1(C(=O)NC(C)c2ccc(OCC(=O)O)cc2)CCCC1. The molecule has 1 aromatic carbocycles. The maximum absolute atomic E-state index is 12.8. The molecule has 0 radical (unpaired) electrons. The summed E-state index contributed by atoms with van der Waals surface area (Å²) in [5, 5.41) is 11.8. The summed E-state index contributed by atoms with van der Waals surface area (Å²) in [5.41, 5.74) is 0.644. The lowest BCUT2D eigenvalue weighted by molar-refractivity contribution is -0.139. The number of benzene rings is 1. The molecule has 138 valence electrons. The average molecular weight is 349 g/mol. The van der Waals surface area contributed by atoms with E-state index in [0.29, 0.717) is 12.4 Å². The molecule has 1 aliphatic carbocycles. The number of ether oxygens (including phenoxy) is 2. The van der Waals surface area contributed by atoms with E-state index in [9.17, 15) is 9.59 Å². The van der Waals surface area contributed by atoms with Crippen LogP contribution < -0.4 is 10.1 Å². The van der Waals surface area contributed by atoms with Crippen LogP contribution >= 0.6 is 0 Å². The molecule has 0 aromatic heterocycles. The highest BCUT2D eigenvalue weighted by Crippen LogP contribution is 2.41. The van der Waals surface area contributed by atoms with Crippen LogP contribution in [0.3, 0.4) is 0 Å². The monoisotopic (exact) mass is 349 g/mol. The third kappa shape index (κ3) is 5.19. The van der Waals surface area contributed by atoms with Gasteiger partial charge in [-0.3, -0.25) is 4.79 Å². The normalized spacial score (nSPS) is 17.0. The predicted octanol–water partition coefficient (Wildman–Crippen LogP) is 2.92. The molecule has 0 aliphatic heterocycles. The first-order chi connectivity index (χ1) is 12.0. The molecule has 1 saturated carbocycles. The largest absolute Gasteiger partial charge is 0.482 e. The van der Waals surface area contributed by atoms with Crippen molar-refractivity contribution >= 4 is 11.9 Å². The van der Waals surface area contributed by atoms with E-state index in [1.165, 1.54) is 0 Å².